The van der Waals surface area contributed by atoms with Crippen molar-refractivity contribution in [2.24, 2.45) is 23.7 Å². The highest BCUT2D eigenvalue weighted by Crippen LogP contribution is 2.45. The Hall–Kier alpha value is -1.31. The molecule has 0 radical (unpaired) electrons. The van der Waals surface area contributed by atoms with E-state index in [0.717, 1.165) is 12.2 Å². The molecule has 1 aromatic rings. The van der Waals surface area contributed by atoms with Crippen LogP contribution in [0, 0.1) is 23.7 Å². The smallest absolute Gasteiger partial charge is 0.230 e. The van der Waals surface area contributed by atoms with Crippen LogP contribution in [0.4, 0.5) is 5.69 Å². The van der Waals surface area contributed by atoms with Crippen LogP contribution < -0.4 is 4.90 Å². The average molecular weight is 243 g/mol. The van der Waals surface area contributed by atoms with Gasteiger partial charge < -0.3 is 4.90 Å². The number of hydrogen-bond donors (Lipinski definition) is 0. The van der Waals surface area contributed by atoms with Crippen LogP contribution >= 0.6 is 0 Å². The zero-order chi connectivity index (χ0) is 12.7. The molecule has 1 aromatic carbocycles. The summed E-state index contributed by atoms with van der Waals surface area (Å²) in [5, 5.41) is 0. The largest absolute Gasteiger partial charge is 0.312 e. The maximum absolute atomic E-state index is 12.7. The normalized spacial score (nSPS) is 35.7. The van der Waals surface area contributed by atoms with E-state index in [9.17, 15) is 4.79 Å². The van der Waals surface area contributed by atoms with Crippen LogP contribution in [0.2, 0.25) is 0 Å². The van der Waals surface area contributed by atoms with Gasteiger partial charge in [-0.05, 0) is 42.7 Å². The van der Waals surface area contributed by atoms with Crippen LogP contribution in [0.25, 0.3) is 0 Å². The van der Waals surface area contributed by atoms with E-state index >= 15 is 0 Å². The molecule has 3 rings (SSSR count). The second-order valence-corrected chi connectivity index (χ2v) is 6.01. The van der Waals surface area contributed by atoms with E-state index in [4.69, 9.17) is 0 Å². The van der Waals surface area contributed by atoms with Crippen molar-refractivity contribution in [2.75, 3.05) is 11.4 Å². The third kappa shape index (κ3) is 1.75. The summed E-state index contributed by atoms with van der Waals surface area (Å²) in [4.78, 5) is 14.7. The minimum atomic E-state index is 0.258. The summed E-state index contributed by atoms with van der Waals surface area (Å²) < 4.78 is 0. The van der Waals surface area contributed by atoms with Gasteiger partial charge in [0.1, 0.15) is 0 Å². The Balaban J connectivity index is 1.92. The van der Waals surface area contributed by atoms with Gasteiger partial charge in [-0.15, -0.1) is 0 Å². The molecule has 18 heavy (non-hydrogen) atoms. The molecule has 1 amide bonds. The number of anilines is 1. The van der Waals surface area contributed by atoms with Crippen LogP contribution in [0.1, 0.15) is 26.7 Å². The lowest BCUT2D eigenvalue weighted by Crippen LogP contribution is -2.49. The molecule has 0 N–H and O–H groups in total. The summed E-state index contributed by atoms with van der Waals surface area (Å²) >= 11 is 0. The van der Waals surface area contributed by atoms with Crippen molar-refractivity contribution >= 4 is 11.6 Å². The number of hydrogen-bond acceptors (Lipinski definition) is 1. The van der Waals surface area contributed by atoms with Crippen molar-refractivity contribution in [2.45, 2.75) is 26.7 Å². The second-order valence-electron chi connectivity index (χ2n) is 6.01. The number of fused-ring (bicyclic) bond motifs is 1. The standard InChI is InChI=1S/C16H21NO/c1-11-8-9-14-12(2)10-17(16(18)15(11)14)13-6-4-3-5-7-13/h3-7,11-12,14-15H,8-10H2,1-2H3/t11-,12+,14+,15+/m0/s1. The van der Waals surface area contributed by atoms with E-state index in [-0.39, 0.29) is 5.92 Å². The molecule has 4 atom stereocenters. The van der Waals surface area contributed by atoms with E-state index in [1.807, 2.05) is 35.2 Å². The van der Waals surface area contributed by atoms with Gasteiger partial charge in [-0.25, -0.2) is 0 Å². The number of piperidine rings is 1. The van der Waals surface area contributed by atoms with Gasteiger partial charge in [0.15, 0.2) is 0 Å². The molecule has 96 valence electrons. The van der Waals surface area contributed by atoms with Crippen molar-refractivity contribution in [1.82, 2.24) is 0 Å². The van der Waals surface area contributed by atoms with E-state index in [2.05, 4.69) is 13.8 Å². The maximum atomic E-state index is 12.7. The first-order valence-electron chi connectivity index (χ1n) is 7.05. The fourth-order valence-electron chi connectivity index (χ4n) is 3.84. The van der Waals surface area contributed by atoms with E-state index in [1.165, 1.54) is 12.8 Å². The average Bonchev–Trinajstić information content (AvgIpc) is 2.78. The molecule has 0 spiro atoms. The molecule has 0 aromatic heterocycles. The molecular formula is C16H21NO. The number of nitrogens with zero attached hydrogens (tertiary/aromatic N) is 1. The molecule has 2 heteroatoms. The highest BCUT2D eigenvalue weighted by molar-refractivity contribution is 5.96. The number of para-hydroxylation sites is 1. The van der Waals surface area contributed by atoms with Gasteiger partial charge in [-0.3, -0.25) is 4.79 Å². The number of carbonyl (C=O) groups excluding carboxylic acids is 1. The third-order valence-corrected chi connectivity index (χ3v) is 4.85. The topological polar surface area (TPSA) is 20.3 Å². The highest BCUT2D eigenvalue weighted by atomic mass is 16.2. The Bertz CT molecular complexity index is 442. The van der Waals surface area contributed by atoms with Crippen molar-refractivity contribution < 1.29 is 4.79 Å². The quantitative estimate of drug-likeness (QED) is 0.741. The van der Waals surface area contributed by atoms with Crippen molar-refractivity contribution in [3.63, 3.8) is 0 Å². The summed E-state index contributed by atoms with van der Waals surface area (Å²) in [6.07, 6.45) is 2.45. The zero-order valence-corrected chi connectivity index (χ0v) is 11.2. The fourth-order valence-corrected chi connectivity index (χ4v) is 3.84. The van der Waals surface area contributed by atoms with E-state index in [0.29, 0.717) is 23.7 Å². The fraction of sp³-hybridized carbons (Fsp3) is 0.562. The molecule has 0 unspecified atom stereocenters. The summed E-state index contributed by atoms with van der Waals surface area (Å²) in [5.74, 6) is 2.41. The molecule has 2 nitrogen and oxygen atoms in total. The summed E-state index contributed by atoms with van der Waals surface area (Å²) in [7, 11) is 0. The molecular weight excluding hydrogens is 222 g/mol. The van der Waals surface area contributed by atoms with Gasteiger partial charge >= 0.3 is 0 Å². The van der Waals surface area contributed by atoms with Crippen molar-refractivity contribution in [3.8, 4) is 0 Å². The van der Waals surface area contributed by atoms with Gasteiger partial charge in [0.25, 0.3) is 0 Å². The highest BCUT2D eigenvalue weighted by Gasteiger charge is 2.47. The van der Waals surface area contributed by atoms with Gasteiger partial charge in [-0.2, -0.15) is 0 Å². The van der Waals surface area contributed by atoms with Crippen molar-refractivity contribution in [1.29, 1.82) is 0 Å². The maximum Gasteiger partial charge on any atom is 0.230 e. The van der Waals surface area contributed by atoms with Crippen molar-refractivity contribution in [3.05, 3.63) is 30.3 Å². The third-order valence-electron chi connectivity index (χ3n) is 4.85. The SMILES string of the molecule is C[C@@H]1CN(c2ccccc2)C(=O)[C@H]2[C@@H]1CC[C@@H]2C. The lowest BCUT2D eigenvalue weighted by Gasteiger charge is -2.40. The Morgan fingerprint density at radius 3 is 2.50 bits per heavy atom. The number of rotatable bonds is 1. The Morgan fingerprint density at radius 1 is 1.06 bits per heavy atom. The van der Waals surface area contributed by atoms with E-state index < -0.39 is 0 Å². The van der Waals surface area contributed by atoms with Crippen LogP contribution in [-0.2, 0) is 4.79 Å². The molecule has 1 saturated carbocycles. The van der Waals surface area contributed by atoms with Gasteiger partial charge in [0.05, 0.1) is 0 Å². The first-order chi connectivity index (χ1) is 8.68. The minimum absolute atomic E-state index is 0.258. The number of amides is 1. The Labute approximate surface area is 109 Å². The van der Waals surface area contributed by atoms with Crippen LogP contribution in [0.5, 0.6) is 0 Å². The molecule has 2 fully saturated rings. The predicted octanol–water partition coefficient (Wildman–Crippen LogP) is 3.33. The molecule has 1 heterocycles. The predicted molar refractivity (Wildman–Crippen MR) is 73.3 cm³/mol. The molecule has 1 aliphatic heterocycles. The monoisotopic (exact) mass is 243 g/mol. The molecule has 0 bridgehead atoms. The summed E-state index contributed by atoms with van der Waals surface area (Å²) in [6.45, 7) is 5.43. The van der Waals surface area contributed by atoms with E-state index in [1.54, 1.807) is 0 Å². The van der Waals surface area contributed by atoms with Gasteiger partial charge in [-0.1, -0.05) is 32.0 Å². The first kappa shape index (κ1) is 11.8. The second kappa shape index (κ2) is 4.42. The molecule has 1 aliphatic carbocycles. The molecule has 1 saturated heterocycles. The zero-order valence-electron chi connectivity index (χ0n) is 11.2. The van der Waals surface area contributed by atoms with Crippen LogP contribution in [-0.4, -0.2) is 12.5 Å². The summed E-state index contributed by atoms with van der Waals surface area (Å²) in [5.41, 5.74) is 1.06. The van der Waals surface area contributed by atoms with Gasteiger partial charge in [0, 0.05) is 18.2 Å². The number of benzene rings is 1. The summed E-state index contributed by atoms with van der Waals surface area (Å²) in [6, 6.07) is 10.1. The Kier molecular flexibility index (Phi) is 2.89. The lowest BCUT2D eigenvalue weighted by atomic mass is 9.77. The minimum Gasteiger partial charge on any atom is -0.312 e. The lowest BCUT2D eigenvalue weighted by molar-refractivity contribution is -0.127. The van der Waals surface area contributed by atoms with Crippen LogP contribution in [0.3, 0.4) is 0 Å². The van der Waals surface area contributed by atoms with Gasteiger partial charge in [0.2, 0.25) is 5.91 Å². The molecule has 2 aliphatic rings. The first-order valence-corrected chi connectivity index (χ1v) is 7.05. The number of carbonyl (C=O) groups is 1. The Morgan fingerprint density at radius 2 is 1.78 bits per heavy atom. The van der Waals surface area contributed by atoms with Crippen LogP contribution in [0.15, 0.2) is 30.3 Å².